The predicted octanol–water partition coefficient (Wildman–Crippen LogP) is 1.95. The number of fused-ring (bicyclic) bond motifs is 2. The summed E-state index contributed by atoms with van der Waals surface area (Å²) in [6, 6.07) is 2.58. The van der Waals surface area contributed by atoms with Crippen LogP contribution in [0.2, 0.25) is 0 Å². The third kappa shape index (κ3) is 4.49. The second-order valence-corrected chi connectivity index (χ2v) is 8.02. The van der Waals surface area contributed by atoms with Crippen molar-refractivity contribution in [3.8, 4) is 0 Å². The Bertz CT molecular complexity index is 625. The SMILES string of the molecule is Cc1nnc(CN=C(NC2CC2)NC2CC3CCCC(C2)N3C)n1C.I. The van der Waals surface area contributed by atoms with Crippen LogP contribution in [0.3, 0.4) is 0 Å². The molecule has 2 unspecified atom stereocenters. The van der Waals surface area contributed by atoms with Crippen molar-refractivity contribution < 1.29 is 0 Å². The molecule has 2 aliphatic heterocycles. The van der Waals surface area contributed by atoms with Gasteiger partial charge in [-0.2, -0.15) is 0 Å². The van der Waals surface area contributed by atoms with Crippen molar-refractivity contribution in [1.29, 1.82) is 0 Å². The number of aryl methyl sites for hydroxylation is 1. The maximum absolute atomic E-state index is 4.81. The smallest absolute Gasteiger partial charge is 0.192 e. The predicted molar refractivity (Wildman–Crippen MR) is 114 cm³/mol. The minimum absolute atomic E-state index is 0. The maximum atomic E-state index is 4.81. The van der Waals surface area contributed by atoms with Gasteiger partial charge in [-0.3, -0.25) is 0 Å². The Kier molecular flexibility index (Phi) is 6.42. The van der Waals surface area contributed by atoms with Gasteiger partial charge in [0.15, 0.2) is 11.8 Å². The lowest BCUT2D eigenvalue weighted by molar-refractivity contribution is 0.0526. The van der Waals surface area contributed by atoms with Crippen molar-refractivity contribution in [1.82, 2.24) is 30.3 Å². The second-order valence-electron chi connectivity index (χ2n) is 8.02. The number of nitrogens with one attached hydrogen (secondary N) is 2. The molecule has 2 N–H and O–H groups in total. The van der Waals surface area contributed by atoms with Gasteiger partial charge < -0.3 is 20.1 Å². The lowest BCUT2D eigenvalue weighted by atomic mass is 9.82. The molecule has 0 radical (unpaired) electrons. The van der Waals surface area contributed by atoms with E-state index in [0.717, 1.165) is 29.7 Å². The van der Waals surface area contributed by atoms with Crippen LogP contribution in [-0.2, 0) is 13.6 Å². The van der Waals surface area contributed by atoms with Crippen molar-refractivity contribution in [2.24, 2.45) is 12.0 Å². The molecule has 7 nitrogen and oxygen atoms in total. The molecule has 1 aromatic rings. The summed E-state index contributed by atoms with van der Waals surface area (Å²) in [6.45, 7) is 2.54. The van der Waals surface area contributed by atoms with Gasteiger partial charge in [0.25, 0.3) is 0 Å². The van der Waals surface area contributed by atoms with E-state index in [2.05, 4.69) is 32.8 Å². The number of guanidine groups is 1. The molecule has 1 saturated carbocycles. The number of piperidine rings is 2. The fraction of sp³-hybridized carbons (Fsp3) is 0.833. The molecule has 2 atom stereocenters. The largest absolute Gasteiger partial charge is 0.354 e. The molecule has 0 spiro atoms. The van der Waals surface area contributed by atoms with E-state index in [9.17, 15) is 0 Å². The van der Waals surface area contributed by atoms with Crippen molar-refractivity contribution in [3.05, 3.63) is 11.6 Å². The number of rotatable bonds is 4. The highest BCUT2D eigenvalue weighted by Crippen LogP contribution is 2.32. The number of aliphatic imine (C=N–C) groups is 1. The number of aromatic nitrogens is 3. The molecule has 1 aromatic heterocycles. The van der Waals surface area contributed by atoms with E-state index in [-0.39, 0.29) is 24.0 Å². The molecule has 3 aliphatic rings. The van der Waals surface area contributed by atoms with Crippen LogP contribution in [0, 0.1) is 6.92 Å². The minimum Gasteiger partial charge on any atom is -0.354 e. The van der Waals surface area contributed by atoms with Crippen LogP contribution in [0.15, 0.2) is 4.99 Å². The molecule has 2 saturated heterocycles. The zero-order chi connectivity index (χ0) is 17.4. The third-order valence-electron chi connectivity index (χ3n) is 6.16. The van der Waals surface area contributed by atoms with Crippen molar-refractivity contribution in [2.75, 3.05) is 7.05 Å². The van der Waals surface area contributed by atoms with E-state index in [1.165, 1.54) is 44.9 Å². The first kappa shape index (κ1) is 19.9. The fourth-order valence-electron chi connectivity index (χ4n) is 4.22. The van der Waals surface area contributed by atoms with Crippen molar-refractivity contribution in [2.45, 2.75) is 82.6 Å². The van der Waals surface area contributed by atoms with Crippen LogP contribution in [0.25, 0.3) is 0 Å². The van der Waals surface area contributed by atoms with E-state index >= 15 is 0 Å². The lowest BCUT2D eigenvalue weighted by Gasteiger charge is -2.47. The Balaban J connectivity index is 0.00000196. The zero-order valence-electron chi connectivity index (χ0n) is 16.1. The average molecular weight is 473 g/mol. The summed E-state index contributed by atoms with van der Waals surface area (Å²) in [4.78, 5) is 7.42. The van der Waals surface area contributed by atoms with E-state index in [0.29, 0.717) is 18.6 Å². The first-order valence-electron chi connectivity index (χ1n) is 9.74. The van der Waals surface area contributed by atoms with Gasteiger partial charge in [0.05, 0.1) is 0 Å². The van der Waals surface area contributed by atoms with Gasteiger partial charge >= 0.3 is 0 Å². The summed E-state index contributed by atoms with van der Waals surface area (Å²) >= 11 is 0. The number of halogens is 1. The summed E-state index contributed by atoms with van der Waals surface area (Å²) < 4.78 is 2.01. The quantitative estimate of drug-likeness (QED) is 0.398. The van der Waals surface area contributed by atoms with Gasteiger partial charge in [0, 0.05) is 31.2 Å². The number of hydrogen-bond donors (Lipinski definition) is 2. The molecule has 0 aromatic carbocycles. The molecule has 0 amide bonds. The van der Waals surface area contributed by atoms with E-state index in [1.807, 2.05) is 18.5 Å². The highest BCUT2D eigenvalue weighted by atomic mass is 127. The highest BCUT2D eigenvalue weighted by molar-refractivity contribution is 14.0. The Morgan fingerprint density at radius 2 is 1.69 bits per heavy atom. The molecule has 146 valence electrons. The topological polar surface area (TPSA) is 70.4 Å². The van der Waals surface area contributed by atoms with Gasteiger partial charge in [-0.25, -0.2) is 4.99 Å². The normalized spacial score (nSPS) is 29.2. The summed E-state index contributed by atoms with van der Waals surface area (Å²) in [5, 5.41) is 15.7. The Morgan fingerprint density at radius 1 is 1.04 bits per heavy atom. The Morgan fingerprint density at radius 3 is 2.27 bits per heavy atom. The first-order chi connectivity index (χ1) is 12.1. The zero-order valence-corrected chi connectivity index (χ0v) is 18.4. The van der Waals surface area contributed by atoms with Crippen molar-refractivity contribution in [3.63, 3.8) is 0 Å². The molecule has 4 rings (SSSR count). The van der Waals surface area contributed by atoms with Crippen LogP contribution >= 0.6 is 24.0 Å². The van der Waals surface area contributed by atoms with Gasteiger partial charge in [-0.05, 0) is 52.5 Å². The molecule has 3 heterocycles. The van der Waals surface area contributed by atoms with Gasteiger partial charge in [0.2, 0.25) is 0 Å². The van der Waals surface area contributed by atoms with Crippen LogP contribution in [0.1, 0.15) is 56.6 Å². The van der Waals surface area contributed by atoms with Gasteiger partial charge in [0.1, 0.15) is 12.4 Å². The fourth-order valence-corrected chi connectivity index (χ4v) is 4.22. The molecular weight excluding hydrogens is 441 g/mol. The standard InChI is InChI=1S/C18H31N7.HI/c1-12-22-23-17(24(12)2)11-19-18(20-13-7-8-13)21-14-9-15-5-4-6-16(10-14)25(15)3;/h13-16H,4-11H2,1-3H3,(H2,19,20,21);1H. The van der Waals surface area contributed by atoms with Gasteiger partial charge in [-0.1, -0.05) is 6.42 Å². The molecule has 3 fully saturated rings. The molecule has 2 bridgehead atoms. The summed E-state index contributed by atoms with van der Waals surface area (Å²) in [7, 11) is 4.30. The Labute approximate surface area is 173 Å². The minimum atomic E-state index is 0. The van der Waals surface area contributed by atoms with E-state index in [4.69, 9.17) is 4.99 Å². The summed E-state index contributed by atoms with van der Waals surface area (Å²) in [5.41, 5.74) is 0. The first-order valence-corrected chi connectivity index (χ1v) is 9.74. The molecule has 1 aliphatic carbocycles. The number of hydrogen-bond acceptors (Lipinski definition) is 4. The van der Waals surface area contributed by atoms with Crippen LogP contribution in [-0.4, -0.2) is 56.8 Å². The average Bonchev–Trinajstić information content (AvgIpc) is 3.33. The Hall–Kier alpha value is -0.900. The van der Waals surface area contributed by atoms with Gasteiger partial charge in [-0.15, -0.1) is 34.2 Å². The van der Waals surface area contributed by atoms with Crippen LogP contribution in [0.4, 0.5) is 0 Å². The number of nitrogens with zero attached hydrogens (tertiary/aromatic N) is 5. The third-order valence-corrected chi connectivity index (χ3v) is 6.16. The van der Waals surface area contributed by atoms with E-state index < -0.39 is 0 Å². The van der Waals surface area contributed by atoms with E-state index in [1.54, 1.807) is 0 Å². The molecule has 8 heteroatoms. The summed E-state index contributed by atoms with van der Waals surface area (Å²) in [5.74, 6) is 2.79. The maximum Gasteiger partial charge on any atom is 0.192 e. The molecular formula is C18H32IN7. The molecule has 26 heavy (non-hydrogen) atoms. The second kappa shape index (κ2) is 8.41. The summed E-state index contributed by atoms with van der Waals surface area (Å²) in [6.07, 6.45) is 9.02. The monoisotopic (exact) mass is 473 g/mol. The van der Waals surface area contributed by atoms with Crippen LogP contribution < -0.4 is 10.6 Å². The van der Waals surface area contributed by atoms with Crippen molar-refractivity contribution >= 4 is 29.9 Å². The van der Waals surface area contributed by atoms with Crippen LogP contribution in [0.5, 0.6) is 0 Å². The highest BCUT2D eigenvalue weighted by Gasteiger charge is 2.36. The lowest BCUT2D eigenvalue weighted by Crippen LogP contribution is -2.56.